The summed E-state index contributed by atoms with van der Waals surface area (Å²) in [6, 6.07) is 23.3. The molecule has 1 atom stereocenters. The number of carbonyl (C=O) groups excluding carboxylic acids is 2. The van der Waals surface area contributed by atoms with Crippen molar-refractivity contribution < 1.29 is 18.0 Å². The normalized spacial score (nSPS) is 12.4. The Labute approximate surface area is 246 Å². The monoisotopic (exact) mass is 627 g/mol. The number of rotatable bonds is 11. The van der Waals surface area contributed by atoms with Crippen molar-refractivity contribution in [1.82, 2.24) is 10.2 Å². The maximum Gasteiger partial charge on any atom is 0.244 e. The quantitative estimate of drug-likeness (QED) is 0.311. The van der Waals surface area contributed by atoms with Crippen LogP contribution in [0.5, 0.6) is 0 Å². The number of hydrogen-bond acceptors (Lipinski definition) is 4. The van der Waals surface area contributed by atoms with E-state index in [0.29, 0.717) is 12.1 Å². The molecule has 0 fully saturated rings. The highest BCUT2D eigenvalue weighted by Gasteiger charge is 2.34. The average Bonchev–Trinajstić information content (AvgIpc) is 2.88. The van der Waals surface area contributed by atoms with Crippen LogP contribution < -0.4 is 9.62 Å². The van der Waals surface area contributed by atoms with E-state index in [0.717, 1.165) is 31.7 Å². The van der Waals surface area contributed by atoms with E-state index < -0.39 is 34.1 Å². The summed E-state index contributed by atoms with van der Waals surface area (Å²) in [6.45, 7) is 7.29. The number of hydrogen-bond donors (Lipinski definition) is 1. The van der Waals surface area contributed by atoms with Crippen LogP contribution in [0.15, 0.2) is 83.3 Å². The zero-order valence-electron chi connectivity index (χ0n) is 23.7. The molecular weight excluding hydrogens is 590 g/mol. The zero-order chi connectivity index (χ0) is 29.5. The van der Waals surface area contributed by atoms with Crippen LogP contribution in [0.1, 0.15) is 44.4 Å². The van der Waals surface area contributed by atoms with Gasteiger partial charge in [-0.3, -0.25) is 13.9 Å². The van der Waals surface area contributed by atoms with Crippen molar-refractivity contribution in [3.8, 4) is 0 Å². The van der Waals surface area contributed by atoms with E-state index in [1.807, 2.05) is 94.4 Å². The van der Waals surface area contributed by atoms with Gasteiger partial charge in [-0.05, 0) is 62.1 Å². The fourth-order valence-corrected chi connectivity index (χ4v) is 5.81. The molecule has 2 amide bonds. The van der Waals surface area contributed by atoms with Crippen molar-refractivity contribution in [3.05, 3.63) is 100 Å². The van der Waals surface area contributed by atoms with Crippen LogP contribution in [0.3, 0.4) is 0 Å². The fraction of sp³-hybridized carbons (Fsp3) is 0.355. The van der Waals surface area contributed by atoms with Gasteiger partial charge in [-0.25, -0.2) is 8.42 Å². The van der Waals surface area contributed by atoms with Gasteiger partial charge in [-0.15, -0.1) is 0 Å². The second kappa shape index (κ2) is 13.5. The van der Waals surface area contributed by atoms with E-state index >= 15 is 0 Å². The van der Waals surface area contributed by atoms with E-state index in [9.17, 15) is 18.0 Å². The summed E-state index contributed by atoms with van der Waals surface area (Å²) in [4.78, 5) is 29.5. The fourth-order valence-electron chi connectivity index (χ4n) is 4.49. The molecule has 0 aliphatic heterocycles. The van der Waals surface area contributed by atoms with Crippen molar-refractivity contribution in [2.24, 2.45) is 0 Å². The Hall–Kier alpha value is -3.17. The number of benzene rings is 3. The maximum absolute atomic E-state index is 14.2. The summed E-state index contributed by atoms with van der Waals surface area (Å²) in [5.74, 6) is -0.777. The number of anilines is 1. The summed E-state index contributed by atoms with van der Waals surface area (Å²) in [5.41, 5.74) is 2.44. The Morgan fingerprint density at radius 3 is 2.15 bits per heavy atom. The van der Waals surface area contributed by atoms with Gasteiger partial charge in [-0.1, -0.05) is 83.5 Å². The molecule has 214 valence electrons. The second-order valence-corrected chi connectivity index (χ2v) is 13.7. The average molecular weight is 629 g/mol. The Morgan fingerprint density at radius 2 is 1.55 bits per heavy atom. The van der Waals surface area contributed by atoms with Crippen molar-refractivity contribution in [3.63, 3.8) is 0 Å². The van der Waals surface area contributed by atoms with Crippen LogP contribution in [0, 0.1) is 0 Å². The number of amides is 2. The summed E-state index contributed by atoms with van der Waals surface area (Å²) in [5, 5.41) is 3.03. The van der Waals surface area contributed by atoms with E-state index in [4.69, 9.17) is 0 Å². The van der Waals surface area contributed by atoms with Gasteiger partial charge in [0.2, 0.25) is 21.8 Å². The first-order chi connectivity index (χ1) is 18.8. The summed E-state index contributed by atoms with van der Waals surface area (Å²) in [6.07, 6.45) is 1.97. The molecule has 0 aromatic heterocycles. The largest absolute Gasteiger partial charge is 0.350 e. The molecule has 0 spiro atoms. The van der Waals surface area contributed by atoms with Crippen LogP contribution in [-0.2, 0) is 39.0 Å². The predicted molar refractivity (Wildman–Crippen MR) is 165 cm³/mol. The molecule has 3 aromatic carbocycles. The Balaban J connectivity index is 2.10. The molecule has 0 saturated carbocycles. The Kier molecular flexibility index (Phi) is 10.6. The minimum Gasteiger partial charge on any atom is -0.350 e. The summed E-state index contributed by atoms with van der Waals surface area (Å²) in [7, 11) is -3.81. The van der Waals surface area contributed by atoms with Gasteiger partial charge in [-0.2, -0.15) is 0 Å². The van der Waals surface area contributed by atoms with Crippen LogP contribution in [0.25, 0.3) is 0 Å². The highest BCUT2D eigenvalue weighted by Crippen LogP contribution is 2.25. The second-order valence-electron chi connectivity index (χ2n) is 10.8. The van der Waals surface area contributed by atoms with Gasteiger partial charge >= 0.3 is 0 Å². The van der Waals surface area contributed by atoms with Crippen LogP contribution >= 0.6 is 15.9 Å². The number of sulfonamides is 1. The lowest BCUT2D eigenvalue weighted by molar-refractivity contribution is -0.140. The van der Waals surface area contributed by atoms with Gasteiger partial charge in [0.1, 0.15) is 12.6 Å². The molecule has 0 heterocycles. The third kappa shape index (κ3) is 8.93. The molecular formula is C31H38BrN3O4S. The van der Waals surface area contributed by atoms with Gasteiger partial charge in [0, 0.05) is 23.0 Å². The lowest BCUT2D eigenvalue weighted by Gasteiger charge is -2.35. The van der Waals surface area contributed by atoms with Crippen molar-refractivity contribution >= 4 is 43.5 Å². The van der Waals surface area contributed by atoms with Gasteiger partial charge < -0.3 is 10.2 Å². The van der Waals surface area contributed by atoms with Crippen LogP contribution in [0.2, 0.25) is 0 Å². The van der Waals surface area contributed by atoms with E-state index in [1.54, 1.807) is 12.1 Å². The van der Waals surface area contributed by atoms with E-state index in [1.165, 1.54) is 4.90 Å². The Bertz CT molecular complexity index is 1420. The number of nitrogens with one attached hydrogen (secondary N) is 1. The van der Waals surface area contributed by atoms with Gasteiger partial charge in [0.15, 0.2) is 0 Å². The van der Waals surface area contributed by atoms with Crippen molar-refractivity contribution in [2.75, 3.05) is 17.1 Å². The number of carbonyl (C=O) groups is 2. The molecule has 0 aliphatic rings. The molecule has 9 heteroatoms. The SMILES string of the molecule is CCc1ccccc1N(CC(=O)N(Cc1cccc(Br)c1)[C@@H](Cc1ccccc1)C(=O)NC(C)(C)C)S(C)(=O)=O. The maximum atomic E-state index is 14.2. The third-order valence-corrected chi connectivity index (χ3v) is 7.95. The summed E-state index contributed by atoms with van der Waals surface area (Å²) < 4.78 is 28.0. The highest BCUT2D eigenvalue weighted by atomic mass is 79.9. The van der Waals surface area contributed by atoms with Crippen molar-refractivity contribution in [1.29, 1.82) is 0 Å². The Morgan fingerprint density at radius 1 is 0.925 bits per heavy atom. The first-order valence-electron chi connectivity index (χ1n) is 13.2. The lowest BCUT2D eigenvalue weighted by atomic mass is 10.0. The van der Waals surface area contributed by atoms with Crippen molar-refractivity contribution in [2.45, 2.75) is 58.7 Å². The van der Waals surface area contributed by atoms with Gasteiger partial charge in [0.25, 0.3) is 0 Å². The molecule has 40 heavy (non-hydrogen) atoms. The highest BCUT2D eigenvalue weighted by molar-refractivity contribution is 9.10. The molecule has 0 saturated heterocycles. The molecule has 0 bridgehead atoms. The molecule has 0 radical (unpaired) electrons. The molecule has 7 nitrogen and oxygen atoms in total. The molecule has 0 unspecified atom stereocenters. The first-order valence-corrected chi connectivity index (χ1v) is 15.9. The number of para-hydroxylation sites is 1. The molecule has 3 aromatic rings. The minimum atomic E-state index is -3.81. The van der Waals surface area contributed by atoms with Crippen LogP contribution in [-0.4, -0.2) is 49.5 Å². The third-order valence-electron chi connectivity index (χ3n) is 6.33. The topological polar surface area (TPSA) is 86.8 Å². The predicted octanol–water partition coefficient (Wildman–Crippen LogP) is 5.33. The van der Waals surface area contributed by atoms with E-state index in [-0.39, 0.29) is 18.9 Å². The molecule has 3 rings (SSSR count). The smallest absolute Gasteiger partial charge is 0.244 e. The number of nitrogens with zero attached hydrogens (tertiary/aromatic N) is 2. The lowest BCUT2D eigenvalue weighted by Crippen LogP contribution is -2.56. The van der Waals surface area contributed by atoms with Gasteiger partial charge in [0.05, 0.1) is 11.9 Å². The molecule has 1 N–H and O–H groups in total. The zero-order valence-corrected chi connectivity index (χ0v) is 26.1. The van der Waals surface area contributed by atoms with E-state index in [2.05, 4.69) is 21.2 Å². The molecule has 0 aliphatic carbocycles. The first kappa shape index (κ1) is 31.4. The summed E-state index contributed by atoms with van der Waals surface area (Å²) >= 11 is 3.49. The number of halogens is 1. The minimum absolute atomic E-state index is 0.125. The standard InChI is InChI=1S/C31H38BrN3O4S/c1-6-25-16-10-11-18-27(25)35(40(5,38)39)22-29(36)34(21-24-15-12-17-26(32)19-24)28(30(37)33-31(2,3)4)20-23-13-8-7-9-14-23/h7-19,28H,6,20-22H2,1-5H3,(H,33,37)/t28-/m0/s1. The number of aryl methyl sites for hydroxylation is 1. The van der Waals surface area contributed by atoms with Crippen LogP contribution in [0.4, 0.5) is 5.69 Å².